The first-order valence-corrected chi connectivity index (χ1v) is 9.62. The van der Waals surface area contributed by atoms with Crippen molar-refractivity contribution in [3.63, 3.8) is 0 Å². The fourth-order valence-electron chi connectivity index (χ4n) is 2.37. The molecule has 2 rings (SSSR count). The number of anilines is 1. The molecular formula is C19H22FN3O3S. The number of likely N-dealkylation sites (N-methyl/N-ethyl adjacent to an activating group) is 1. The monoisotopic (exact) mass is 391 g/mol. The molecule has 2 aromatic carbocycles. The lowest BCUT2D eigenvalue weighted by molar-refractivity contribution is 0.220. The molecule has 2 amide bonds. The largest absolute Gasteiger partial charge is 0.323 e. The van der Waals surface area contributed by atoms with Crippen molar-refractivity contribution in [2.45, 2.75) is 11.4 Å². The van der Waals surface area contributed by atoms with Crippen LogP contribution in [0.5, 0.6) is 0 Å². The van der Waals surface area contributed by atoms with Crippen LogP contribution in [0.15, 0.2) is 66.1 Å². The van der Waals surface area contributed by atoms with Gasteiger partial charge in [-0.25, -0.2) is 17.6 Å². The van der Waals surface area contributed by atoms with E-state index in [-0.39, 0.29) is 23.8 Å². The van der Waals surface area contributed by atoms with E-state index in [1.807, 2.05) is 0 Å². The molecule has 27 heavy (non-hydrogen) atoms. The molecule has 0 aliphatic heterocycles. The first kappa shape index (κ1) is 20.6. The molecule has 8 heteroatoms. The smallest absolute Gasteiger partial charge is 0.321 e. The minimum atomic E-state index is -3.60. The Labute approximate surface area is 159 Å². The van der Waals surface area contributed by atoms with Gasteiger partial charge in [0.15, 0.2) is 0 Å². The number of nitrogens with zero attached hydrogens (tertiary/aromatic N) is 2. The molecule has 144 valence electrons. The second-order valence-corrected chi connectivity index (χ2v) is 8.06. The molecular weight excluding hydrogens is 369 g/mol. The van der Waals surface area contributed by atoms with Crippen molar-refractivity contribution in [1.29, 1.82) is 0 Å². The lowest BCUT2D eigenvalue weighted by atomic mass is 10.2. The van der Waals surface area contributed by atoms with Gasteiger partial charge in [-0.3, -0.25) is 0 Å². The van der Waals surface area contributed by atoms with Crippen molar-refractivity contribution in [2.75, 3.05) is 26.0 Å². The van der Waals surface area contributed by atoms with Crippen LogP contribution in [0, 0.1) is 5.82 Å². The van der Waals surface area contributed by atoms with Gasteiger partial charge in [0.1, 0.15) is 5.82 Å². The molecule has 0 saturated heterocycles. The van der Waals surface area contributed by atoms with Gasteiger partial charge in [0.05, 0.1) is 4.90 Å². The molecule has 0 unspecified atom stereocenters. The predicted octanol–water partition coefficient (Wildman–Crippen LogP) is 3.30. The fourth-order valence-corrected chi connectivity index (χ4v) is 3.51. The van der Waals surface area contributed by atoms with Crippen LogP contribution in [0.3, 0.4) is 0 Å². The number of urea groups is 1. The summed E-state index contributed by atoms with van der Waals surface area (Å²) in [5.74, 6) is -0.362. The molecule has 0 aliphatic carbocycles. The van der Waals surface area contributed by atoms with E-state index in [4.69, 9.17) is 0 Å². The van der Waals surface area contributed by atoms with Crippen LogP contribution < -0.4 is 5.32 Å². The highest BCUT2D eigenvalue weighted by molar-refractivity contribution is 7.89. The van der Waals surface area contributed by atoms with Gasteiger partial charge < -0.3 is 10.2 Å². The molecule has 6 nitrogen and oxygen atoms in total. The highest BCUT2D eigenvalue weighted by Crippen LogP contribution is 2.18. The average molecular weight is 391 g/mol. The molecule has 0 spiro atoms. The highest BCUT2D eigenvalue weighted by atomic mass is 32.2. The van der Waals surface area contributed by atoms with Crippen molar-refractivity contribution in [3.05, 3.63) is 72.6 Å². The minimum Gasteiger partial charge on any atom is -0.323 e. The Morgan fingerprint density at radius 3 is 2.44 bits per heavy atom. The van der Waals surface area contributed by atoms with Crippen molar-refractivity contribution < 1.29 is 17.6 Å². The quantitative estimate of drug-likeness (QED) is 0.737. The topological polar surface area (TPSA) is 69.7 Å². The number of halogens is 1. The number of carbonyl (C=O) groups excluding carboxylic acids is 1. The molecule has 0 heterocycles. The van der Waals surface area contributed by atoms with Gasteiger partial charge >= 0.3 is 6.03 Å². The summed E-state index contributed by atoms with van der Waals surface area (Å²) in [5, 5.41) is 2.68. The third-order valence-electron chi connectivity index (χ3n) is 3.86. The summed E-state index contributed by atoms with van der Waals surface area (Å²) in [7, 11) is -0.551. The second kappa shape index (κ2) is 8.79. The van der Waals surface area contributed by atoms with Crippen LogP contribution >= 0.6 is 0 Å². The summed E-state index contributed by atoms with van der Waals surface area (Å²) in [6.07, 6.45) is 1.50. The molecule has 0 aliphatic rings. The van der Waals surface area contributed by atoms with Gasteiger partial charge in [-0.05, 0) is 42.0 Å². The average Bonchev–Trinajstić information content (AvgIpc) is 2.62. The van der Waals surface area contributed by atoms with Gasteiger partial charge in [-0.15, -0.1) is 6.58 Å². The van der Waals surface area contributed by atoms with E-state index < -0.39 is 16.1 Å². The van der Waals surface area contributed by atoms with Gasteiger partial charge in [-0.1, -0.05) is 18.2 Å². The zero-order chi connectivity index (χ0) is 20.0. The Morgan fingerprint density at radius 2 is 1.85 bits per heavy atom. The van der Waals surface area contributed by atoms with Crippen LogP contribution in [-0.4, -0.2) is 44.3 Å². The van der Waals surface area contributed by atoms with E-state index in [2.05, 4.69) is 11.9 Å². The normalized spacial score (nSPS) is 11.3. The summed E-state index contributed by atoms with van der Waals surface area (Å²) >= 11 is 0. The Bertz CT molecular complexity index is 914. The SMILES string of the molecule is C=CCN(C)S(=O)(=O)c1ccc(NC(=O)N(C)Cc2cccc(F)c2)cc1. The molecule has 0 radical (unpaired) electrons. The van der Waals surface area contributed by atoms with Crippen LogP contribution in [0.2, 0.25) is 0 Å². The van der Waals surface area contributed by atoms with Crippen LogP contribution in [-0.2, 0) is 16.6 Å². The number of hydrogen-bond donors (Lipinski definition) is 1. The molecule has 0 bridgehead atoms. The fraction of sp³-hybridized carbons (Fsp3) is 0.211. The summed E-state index contributed by atoms with van der Waals surface area (Å²) in [4.78, 5) is 13.8. The van der Waals surface area contributed by atoms with E-state index in [1.165, 1.54) is 58.7 Å². The number of sulfonamides is 1. The lowest BCUT2D eigenvalue weighted by Crippen LogP contribution is -2.31. The predicted molar refractivity (Wildman–Crippen MR) is 103 cm³/mol. The maximum absolute atomic E-state index is 13.2. The standard InChI is InChI=1S/C19H22FN3O3S/c1-4-12-23(3)27(25,26)18-10-8-17(9-11-18)21-19(24)22(2)14-15-6-5-7-16(20)13-15/h4-11,13H,1,12,14H2,2-3H3,(H,21,24). The molecule has 0 saturated carbocycles. The van der Waals surface area contributed by atoms with Crippen molar-refractivity contribution in [3.8, 4) is 0 Å². The number of benzene rings is 2. The maximum atomic E-state index is 13.2. The lowest BCUT2D eigenvalue weighted by Gasteiger charge is -2.19. The van der Waals surface area contributed by atoms with Crippen molar-refractivity contribution >= 4 is 21.7 Å². The molecule has 2 aromatic rings. The Hall–Kier alpha value is -2.71. The molecule has 0 fully saturated rings. The summed E-state index contributed by atoms with van der Waals surface area (Å²) in [6.45, 7) is 3.97. The zero-order valence-corrected chi connectivity index (χ0v) is 16.0. The third kappa shape index (κ3) is 5.38. The minimum absolute atomic E-state index is 0.123. The Morgan fingerprint density at radius 1 is 1.19 bits per heavy atom. The highest BCUT2D eigenvalue weighted by Gasteiger charge is 2.19. The number of rotatable bonds is 7. The van der Waals surface area contributed by atoms with E-state index in [0.717, 1.165) is 0 Å². The molecule has 1 N–H and O–H groups in total. The van der Waals surface area contributed by atoms with Crippen LogP contribution in [0.25, 0.3) is 0 Å². The van der Waals surface area contributed by atoms with Crippen LogP contribution in [0.1, 0.15) is 5.56 Å². The maximum Gasteiger partial charge on any atom is 0.321 e. The number of amides is 2. The Balaban J connectivity index is 2.03. The summed E-state index contributed by atoms with van der Waals surface area (Å²) in [6, 6.07) is 11.5. The second-order valence-electron chi connectivity index (χ2n) is 6.01. The van der Waals surface area contributed by atoms with Crippen molar-refractivity contribution in [1.82, 2.24) is 9.21 Å². The Kier molecular flexibility index (Phi) is 6.70. The van der Waals surface area contributed by atoms with E-state index >= 15 is 0 Å². The number of hydrogen-bond acceptors (Lipinski definition) is 3. The molecule has 0 aromatic heterocycles. The van der Waals surface area contributed by atoms with E-state index in [1.54, 1.807) is 19.2 Å². The first-order valence-electron chi connectivity index (χ1n) is 8.18. The van der Waals surface area contributed by atoms with Crippen LogP contribution in [0.4, 0.5) is 14.9 Å². The zero-order valence-electron chi connectivity index (χ0n) is 15.2. The van der Waals surface area contributed by atoms with E-state index in [0.29, 0.717) is 11.3 Å². The first-order chi connectivity index (χ1) is 12.7. The number of carbonyl (C=O) groups is 1. The van der Waals surface area contributed by atoms with Gasteiger partial charge in [0, 0.05) is 32.9 Å². The summed E-state index contributed by atoms with van der Waals surface area (Å²) in [5.41, 5.74) is 1.12. The van der Waals surface area contributed by atoms with Gasteiger partial charge in [-0.2, -0.15) is 4.31 Å². The number of nitrogens with one attached hydrogen (secondary N) is 1. The summed E-state index contributed by atoms with van der Waals surface area (Å²) < 4.78 is 39.1. The van der Waals surface area contributed by atoms with E-state index in [9.17, 15) is 17.6 Å². The molecule has 0 atom stereocenters. The third-order valence-corrected chi connectivity index (χ3v) is 5.69. The van der Waals surface area contributed by atoms with Crippen molar-refractivity contribution in [2.24, 2.45) is 0 Å². The van der Waals surface area contributed by atoms with Gasteiger partial charge in [0.2, 0.25) is 10.0 Å². The van der Waals surface area contributed by atoms with Gasteiger partial charge in [0.25, 0.3) is 0 Å².